The molecule has 0 aliphatic heterocycles. The lowest BCUT2D eigenvalue weighted by molar-refractivity contribution is 0.264. The van der Waals surface area contributed by atoms with Crippen LogP contribution in [-0.4, -0.2) is 23.0 Å². The lowest BCUT2D eigenvalue weighted by Crippen LogP contribution is -2.28. The third kappa shape index (κ3) is 5.29. The fraction of sp³-hybridized carbons (Fsp3) is 0.312. The number of aryl methyl sites for hydroxylation is 1. The predicted molar refractivity (Wildman–Crippen MR) is 85.8 cm³/mol. The summed E-state index contributed by atoms with van der Waals surface area (Å²) >= 11 is 0. The summed E-state index contributed by atoms with van der Waals surface area (Å²) in [6.45, 7) is 5.38. The number of rotatable bonds is 6. The molecule has 2 aromatic rings. The molecule has 1 aromatic heterocycles. The fourth-order valence-corrected chi connectivity index (χ4v) is 2.09. The normalized spacial score (nSPS) is 10.3. The van der Waals surface area contributed by atoms with Crippen LogP contribution < -0.4 is 5.73 Å². The average molecular weight is 292 g/mol. The molecule has 1 heterocycles. The Bertz CT molecular complexity index is 485. The van der Waals surface area contributed by atoms with Crippen LogP contribution in [0.2, 0.25) is 0 Å². The zero-order valence-electron chi connectivity index (χ0n) is 11.8. The molecule has 0 aliphatic carbocycles. The Balaban J connectivity index is 0.00000200. The van der Waals surface area contributed by atoms with Crippen LogP contribution in [0.25, 0.3) is 0 Å². The van der Waals surface area contributed by atoms with Crippen molar-refractivity contribution in [1.29, 1.82) is 0 Å². The van der Waals surface area contributed by atoms with Crippen LogP contribution in [-0.2, 0) is 13.1 Å². The van der Waals surface area contributed by atoms with Crippen LogP contribution in [0.3, 0.4) is 0 Å². The first-order valence-corrected chi connectivity index (χ1v) is 6.66. The molecule has 0 saturated carbocycles. The Hall–Kier alpha value is -1.42. The van der Waals surface area contributed by atoms with Crippen LogP contribution in [0.15, 0.2) is 48.7 Å². The van der Waals surface area contributed by atoms with Gasteiger partial charge < -0.3 is 5.73 Å². The summed E-state index contributed by atoms with van der Waals surface area (Å²) in [5.41, 5.74) is 9.30. The van der Waals surface area contributed by atoms with Gasteiger partial charge in [-0.1, -0.05) is 36.4 Å². The van der Waals surface area contributed by atoms with Crippen molar-refractivity contribution in [1.82, 2.24) is 9.88 Å². The zero-order valence-corrected chi connectivity index (χ0v) is 12.6. The fourth-order valence-electron chi connectivity index (χ4n) is 2.09. The van der Waals surface area contributed by atoms with Gasteiger partial charge in [0.1, 0.15) is 0 Å². The number of benzene rings is 1. The van der Waals surface area contributed by atoms with Gasteiger partial charge in [0, 0.05) is 38.1 Å². The van der Waals surface area contributed by atoms with E-state index in [1.54, 1.807) is 0 Å². The maximum absolute atomic E-state index is 5.70. The van der Waals surface area contributed by atoms with Crippen LogP contribution in [0.5, 0.6) is 0 Å². The Kier molecular flexibility index (Phi) is 7.23. The Morgan fingerprint density at radius 2 is 1.70 bits per heavy atom. The standard InChI is InChI=1S/C16H21N3.ClH/c1-14-7-8-16(11-18-14)13-19(10-9-17)12-15-5-3-2-4-6-15;/h2-8,11H,9-10,12-13,17H2,1H3;1H. The van der Waals surface area contributed by atoms with Gasteiger partial charge in [0.25, 0.3) is 0 Å². The molecule has 20 heavy (non-hydrogen) atoms. The quantitative estimate of drug-likeness (QED) is 0.890. The minimum atomic E-state index is 0. The van der Waals surface area contributed by atoms with Gasteiger partial charge in [-0.2, -0.15) is 0 Å². The highest BCUT2D eigenvalue weighted by Crippen LogP contribution is 2.09. The number of hydrogen-bond acceptors (Lipinski definition) is 3. The molecule has 0 radical (unpaired) electrons. The summed E-state index contributed by atoms with van der Waals surface area (Å²) in [6.07, 6.45) is 1.95. The molecule has 0 fully saturated rings. The molecule has 0 unspecified atom stereocenters. The Labute approximate surface area is 127 Å². The maximum Gasteiger partial charge on any atom is 0.0372 e. The van der Waals surface area contributed by atoms with E-state index in [1.165, 1.54) is 11.1 Å². The van der Waals surface area contributed by atoms with E-state index in [-0.39, 0.29) is 12.4 Å². The zero-order chi connectivity index (χ0) is 13.5. The highest BCUT2D eigenvalue weighted by molar-refractivity contribution is 5.85. The van der Waals surface area contributed by atoms with Gasteiger partial charge in [-0.25, -0.2) is 0 Å². The SMILES string of the molecule is Cc1ccc(CN(CCN)Cc2ccccc2)cn1.Cl. The van der Waals surface area contributed by atoms with Crippen molar-refractivity contribution in [3.8, 4) is 0 Å². The molecule has 0 aliphatic rings. The summed E-state index contributed by atoms with van der Waals surface area (Å²) in [4.78, 5) is 6.69. The second kappa shape index (κ2) is 8.69. The molecular weight excluding hydrogens is 270 g/mol. The summed E-state index contributed by atoms with van der Waals surface area (Å²) in [5, 5.41) is 0. The highest BCUT2D eigenvalue weighted by Gasteiger charge is 2.06. The van der Waals surface area contributed by atoms with Gasteiger partial charge in [-0.05, 0) is 24.1 Å². The molecule has 0 atom stereocenters. The van der Waals surface area contributed by atoms with Crippen molar-refractivity contribution in [2.45, 2.75) is 20.0 Å². The van der Waals surface area contributed by atoms with Crippen molar-refractivity contribution in [3.63, 3.8) is 0 Å². The number of hydrogen-bond donors (Lipinski definition) is 1. The summed E-state index contributed by atoms with van der Waals surface area (Å²) < 4.78 is 0. The van der Waals surface area contributed by atoms with Crippen LogP contribution in [0.4, 0.5) is 0 Å². The molecule has 2 N–H and O–H groups in total. The molecule has 0 spiro atoms. The second-order valence-electron chi connectivity index (χ2n) is 4.79. The molecule has 0 bridgehead atoms. The smallest absolute Gasteiger partial charge is 0.0372 e. The molecular formula is C16H22ClN3. The molecule has 0 saturated heterocycles. The van der Waals surface area contributed by atoms with Crippen molar-refractivity contribution >= 4 is 12.4 Å². The topological polar surface area (TPSA) is 42.1 Å². The first-order valence-electron chi connectivity index (χ1n) is 6.66. The van der Waals surface area contributed by atoms with E-state index < -0.39 is 0 Å². The molecule has 1 aromatic carbocycles. The minimum absolute atomic E-state index is 0. The molecule has 3 nitrogen and oxygen atoms in total. The average Bonchev–Trinajstić information content (AvgIpc) is 2.43. The monoisotopic (exact) mass is 291 g/mol. The van der Waals surface area contributed by atoms with Crippen LogP contribution in [0, 0.1) is 6.92 Å². The van der Waals surface area contributed by atoms with Gasteiger partial charge in [0.05, 0.1) is 0 Å². The summed E-state index contributed by atoms with van der Waals surface area (Å²) in [7, 11) is 0. The predicted octanol–water partition coefficient (Wildman–Crippen LogP) is 2.77. The molecule has 4 heteroatoms. The van der Waals surface area contributed by atoms with E-state index in [4.69, 9.17) is 5.73 Å². The van der Waals surface area contributed by atoms with Gasteiger partial charge in [0.15, 0.2) is 0 Å². The van der Waals surface area contributed by atoms with E-state index in [0.29, 0.717) is 6.54 Å². The number of aromatic nitrogens is 1. The van der Waals surface area contributed by atoms with Crippen LogP contribution >= 0.6 is 12.4 Å². The first-order chi connectivity index (χ1) is 9.28. The van der Waals surface area contributed by atoms with Gasteiger partial charge in [-0.3, -0.25) is 9.88 Å². The summed E-state index contributed by atoms with van der Waals surface area (Å²) in [6, 6.07) is 14.7. The van der Waals surface area contributed by atoms with Gasteiger partial charge >= 0.3 is 0 Å². The molecule has 0 amide bonds. The second-order valence-corrected chi connectivity index (χ2v) is 4.79. The van der Waals surface area contributed by atoms with Crippen molar-refractivity contribution in [2.75, 3.05) is 13.1 Å². The van der Waals surface area contributed by atoms with E-state index in [2.05, 4.69) is 46.3 Å². The number of pyridine rings is 1. The lowest BCUT2D eigenvalue weighted by Gasteiger charge is -2.21. The van der Waals surface area contributed by atoms with Crippen molar-refractivity contribution in [3.05, 3.63) is 65.5 Å². The Morgan fingerprint density at radius 1 is 1.00 bits per heavy atom. The largest absolute Gasteiger partial charge is 0.329 e. The number of nitrogens with two attached hydrogens (primary N) is 1. The Morgan fingerprint density at radius 3 is 2.30 bits per heavy atom. The third-order valence-electron chi connectivity index (χ3n) is 3.07. The van der Waals surface area contributed by atoms with E-state index in [0.717, 1.165) is 25.3 Å². The first kappa shape index (κ1) is 16.6. The molecule has 2 rings (SSSR count). The highest BCUT2D eigenvalue weighted by atomic mass is 35.5. The summed E-state index contributed by atoms with van der Waals surface area (Å²) in [5.74, 6) is 0. The van der Waals surface area contributed by atoms with E-state index in [9.17, 15) is 0 Å². The maximum atomic E-state index is 5.70. The van der Waals surface area contributed by atoms with E-state index in [1.807, 2.05) is 19.2 Å². The van der Waals surface area contributed by atoms with Gasteiger partial charge in [-0.15, -0.1) is 12.4 Å². The third-order valence-corrected chi connectivity index (χ3v) is 3.07. The number of halogens is 1. The van der Waals surface area contributed by atoms with Crippen LogP contribution in [0.1, 0.15) is 16.8 Å². The van der Waals surface area contributed by atoms with Crippen molar-refractivity contribution in [2.24, 2.45) is 5.73 Å². The minimum Gasteiger partial charge on any atom is -0.329 e. The molecule has 108 valence electrons. The lowest BCUT2D eigenvalue weighted by atomic mass is 10.2. The van der Waals surface area contributed by atoms with Crippen molar-refractivity contribution < 1.29 is 0 Å². The number of nitrogens with zero attached hydrogens (tertiary/aromatic N) is 2. The van der Waals surface area contributed by atoms with E-state index >= 15 is 0 Å². The van der Waals surface area contributed by atoms with Gasteiger partial charge in [0.2, 0.25) is 0 Å².